The number of carbonyl (C=O) groups excluding carboxylic acids is 1. The maximum atomic E-state index is 12.0. The standard InChI is InChI=1S/C12H14BrNO3S/c13-9-4-5-10(14-8-9)7-11(15)12-3-1-2-6-18(12,16)17/h4-5,8,12H,1-3,6-7H2. The minimum atomic E-state index is -3.24. The van der Waals surface area contributed by atoms with E-state index in [2.05, 4.69) is 20.9 Å². The quantitative estimate of drug-likeness (QED) is 0.848. The van der Waals surface area contributed by atoms with Crippen molar-refractivity contribution >= 4 is 31.6 Å². The van der Waals surface area contributed by atoms with E-state index in [0.29, 0.717) is 18.5 Å². The summed E-state index contributed by atoms with van der Waals surface area (Å²) in [4.78, 5) is 16.1. The molecule has 1 aliphatic rings. The van der Waals surface area contributed by atoms with Crippen molar-refractivity contribution in [2.45, 2.75) is 30.9 Å². The fourth-order valence-corrected chi connectivity index (χ4v) is 4.25. The van der Waals surface area contributed by atoms with E-state index in [4.69, 9.17) is 0 Å². The van der Waals surface area contributed by atoms with Crippen LogP contribution < -0.4 is 0 Å². The molecule has 18 heavy (non-hydrogen) atoms. The number of carbonyl (C=O) groups is 1. The van der Waals surface area contributed by atoms with Crippen LogP contribution in [0.4, 0.5) is 0 Å². The van der Waals surface area contributed by atoms with Gasteiger partial charge < -0.3 is 0 Å². The highest BCUT2D eigenvalue weighted by atomic mass is 79.9. The van der Waals surface area contributed by atoms with Gasteiger partial charge in [-0.25, -0.2) is 8.42 Å². The number of halogens is 1. The number of nitrogens with zero attached hydrogens (tertiary/aromatic N) is 1. The van der Waals surface area contributed by atoms with Crippen LogP contribution in [0.1, 0.15) is 25.0 Å². The molecule has 1 aliphatic heterocycles. The van der Waals surface area contributed by atoms with Crippen LogP contribution in [-0.4, -0.2) is 30.2 Å². The molecule has 0 bridgehead atoms. The summed E-state index contributed by atoms with van der Waals surface area (Å²) in [6.45, 7) is 0. The van der Waals surface area contributed by atoms with Gasteiger partial charge in [0.2, 0.25) is 0 Å². The van der Waals surface area contributed by atoms with Crippen LogP contribution in [0.3, 0.4) is 0 Å². The third-order valence-electron chi connectivity index (χ3n) is 3.08. The second-order valence-electron chi connectivity index (χ2n) is 4.46. The van der Waals surface area contributed by atoms with Crippen LogP contribution >= 0.6 is 15.9 Å². The highest BCUT2D eigenvalue weighted by molar-refractivity contribution is 9.10. The second-order valence-corrected chi connectivity index (χ2v) is 7.68. The Balaban J connectivity index is 2.10. The van der Waals surface area contributed by atoms with Crippen LogP contribution in [-0.2, 0) is 21.1 Å². The maximum absolute atomic E-state index is 12.0. The second kappa shape index (κ2) is 5.48. The van der Waals surface area contributed by atoms with Gasteiger partial charge >= 0.3 is 0 Å². The van der Waals surface area contributed by atoms with Crippen molar-refractivity contribution in [1.82, 2.24) is 4.98 Å². The van der Waals surface area contributed by atoms with E-state index in [1.165, 1.54) is 0 Å². The number of Topliss-reactive ketones (excluding diaryl/α,β-unsaturated/α-hetero) is 1. The normalized spacial score (nSPS) is 22.6. The molecule has 6 heteroatoms. The molecule has 1 aromatic heterocycles. The molecule has 0 aliphatic carbocycles. The highest BCUT2D eigenvalue weighted by Crippen LogP contribution is 2.21. The average Bonchev–Trinajstić information content (AvgIpc) is 2.31. The van der Waals surface area contributed by atoms with Crippen molar-refractivity contribution < 1.29 is 13.2 Å². The monoisotopic (exact) mass is 331 g/mol. The number of sulfone groups is 1. The summed E-state index contributed by atoms with van der Waals surface area (Å²) in [6.07, 6.45) is 3.64. The summed E-state index contributed by atoms with van der Waals surface area (Å²) in [5.41, 5.74) is 0.615. The lowest BCUT2D eigenvalue weighted by molar-refractivity contribution is -0.118. The molecule has 1 fully saturated rings. The Kier molecular flexibility index (Phi) is 4.17. The molecule has 0 spiro atoms. The van der Waals surface area contributed by atoms with Gasteiger partial charge in [0, 0.05) is 16.4 Å². The zero-order valence-corrected chi connectivity index (χ0v) is 12.2. The molecular weight excluding hydrogens is 318 g/mol. The van der Waals surface area contributed by atoms with Gasteiger partial charge in [0.15, 0.2) is 15.6 Å². The molecule has 2 heterocycles. The van der Waals surface area contributed by atoms with Crippen molar-refractivity contribution in [2.75, 3.05) is 5.75 Å². The predicted octanol–water partition coefficient (Wildman–Crippen LogP) is 1.92. The zero-order chi connectivity index (χ0) is 13.2. The van der Waals surface area contributed by atoms with E-state index >= 15 is 0 Å². The molecule has 0 aromatic carbocycles. The van der Waals surface area contributed by atoms with Crippen LogP contribution in [0.15, 0.2) is 22.8 Å². The van der Waals surface area contributed by atoms with Gasteiger partial charge in [-0.2, -0.15) is 0 Å². The molecule has 1 atom stereocenters. The lowest BCUT2D eigenvalue weighted by Crippen LogP contribution is -2.36. The van der Waals surface area contributed by atoms with Crippen LogP contribution in [0, 0.1) is 0 Å². The first kappa shape index (κ1) is 13.7. The van der Waals surface area contributed by atoms with Gasteiger partial charge in [-0.05, 0) is 40.9 Å². The lowest BCUT2D eigenvalue weighted by atomic mass is 10.1. The van der Waals surface area contributed by atoms with Crippen molar-refractivity contribution in [3.8, 4) is 0 Å². The molecule has 98 valence electrons. The zero-order valence-electron chi connectivity index (χ0n) is 9.80. The Morgan fingerprint density at radius 3 is 2.78 bits per heavy atom. The van der Waals surface area contributed by atoms with E-state index in [1.807, 2.05) is 0 Å². The Morgan fingerprint density at radius 1 is 1.39 bits per heavy atom. The molecule has 0 amide bonds. The number of pyridine rings is 1. The first-order valence-electron chi connectivity index (χ1n) is 5.84. The number of aromatic nitrogens is 1. The summed E-state index contributed by atoms with van der Waals surface area (Å²) in [6, 6.07) is 3.53. The number of hydrogen-bond acceptors (Lipinski definition) is 4. The lowest BCUT2D eigenvalue weighted by Gasteiger charge is -2.20. The topological polar surface area (TPSA) is 64.1 Å². The molecule has 1 saturated heterocycles. The molecule has 2 rings (SSSR count). The van der Waals surface area contributed by atoms with Gasteiger partial charge in [0.25, 0.3) is 0 Å². The number of rotatable bonds is 3. The molecule has 0 radical (unpaired) electrons. The fourth-order valence-electron chi connectivity index (χ4n) is 2.12. The summed E-state index contributed by atoms with van der Waals surface area (Å²) >= 11 is 3.26. The van der Waals surface area contributed by atoms with E-state index in [-0.39, 0.29) is 18.0 Å². The molecule has 0 N–H and O–H groups in total. The third kappa shape index (κ3) is 3.17. The van der Waals surface area contributed by atoms with Crippen molar-refractivity contribution in [2.24, 2.45) is 0 Å². The largest absolute Gasteiger partial charge is 0.298 e. The Bertz CT molecular complexity index is 539. The Labute approximate surface area is 115 Å². The Morgan fingerprint density at radius 2 is 2.17 bits per heavy atom. The van der Waals surface area contributed by atoms with Gasteiger partial charge in [-0.3, -0.25) is 9.78 Å². The van der Waals surface area contributed by atoms with Crippen LogP contribution in [0.2, 0.25) is 0 Å². The third-order valence-corrected chi connectivity index (χ3v) is 5.77. The molecular formula is C12H14BrNO3S. The van der Waals surface area contributed by atoms with Crippen molar-refractivity contribution in [1.29, 1.82) is 0 Å². The van der Waals surface area contributed by atoms with E-state index in [0.717, 1.165) is 10.9 Å². The smallest absolute Gasteiger partial charge is 0.160 e. The minimum absolute atomic E-state index is 0.0944. The van der Waals surface area contributed by atoms with Gasteiger partial charge in [-0.15, -0.1) is 0 Å². The number of ketones is 1. The van der Waals surface area contributed by atoms with E-state index < -0.39 is 15.1 Å². The van der Waals surface area contributed by atoms with Crippen molar-refractivity contribution in [3.63, 3.8) is 0 Å². The van der Waals surface area contributed by atoms with E-state index in [1.54, 1.807) is 18.3 Å². The first-order chi connectivity index (χ1) is 8.49. The summed E-state index contributed by atoms with van der Waals surface area (Å²) in [5, 5.41) is -0.823. The SMILES string of the molecule is O=C(Cc1ccc(Br)cn1)C1CCCCS1(=O)=O. The molecule has 0 saturated carbocycles. The van der Waals surface area contributed by atoms with Gasteiger partial charge in [0.1, 0.15) is 5.25 Å². The number of hydrogen-bond donors (Lipinski definition) is 0. The van der Waals surface area contributed by atoms with Crippen molar-refractivity contribution in [3.05, 3.63) is 28.5 Å². The molecule has 1 aromatic rings. The van der Waals surface area contributed by atoms with Crippen LogP contribution in [0.5, 0.6) is 0 Å². The first-order valence-corrected chi connectivity index (χ1v) is 8.34. The minimum Gasteiger partial charge on any atom is -0.298 e. The molecule has 1 unspecified atom stereocenters. The van der Waals surface area contributed by atoms with Gasteiger partial charge in [-0.1, -0.05) is 6.42 Å². The average molecular weight is 332 g/mol. The summed E-state index contributed by atoms with van der Waals surface area (Å²) < 4.78 is 24.5. The van der Waals surface area contributed by atoms with Gasteiger partial charge in [0.05, 0.1) is 12.2 Å². The summed E-state index contributed by atoms with van der Waals surface area (Å²) in [5.74, 6) is -0.0958. The maximum Gasteiger partial charge on any atom is 0.160 e. The highest BCUT2D eigenvalue weighted by Gasteiger charge is 2.34. The summed E-state index contributed by atoms with van der Waals surface area (Å²) in [7, 11) is -3.24. The van der Waals surface area contributed by atoms with E-state index in [9.17, 15) is 13.2 Å². The predicted molar refractivity (Wildman–Crippen MR) is 72.1 cm³/mol. The molecule has 4 nitrogen and oxygen atoms in total. The van der Waals surface area contributed by atoms with Crippen LogP contribution in [0.25, 0.3) is 0 Å². The Hall–Kier alpha value is -0.750. The fraction of sp³-hybridized carbons (Fsp3) is 0.500.